The predicted octanol–water partition coefficient (Wildman–Crippen LogP) is 2.48. The van der Waals surface area contributed by atoms with Crippen LogP contribution in [-0.2, 0) is 16.4 Å². The number of ketones is 1. The Labute approximate surface area is 156 Å². The van der Waals surface area contributed by atoms with Crippen molar-refractivity contribution in [1.82, 2.24) is 9.55 Å². The summed E-state index contributed by atoms with van der Waals surface area (Å²) in [6.07, 6.45) is 1.86. The van der Waals surface area contributed by atoms with E-state index < -0.39 is 9.84 Å². The average molecular weight is 386 g/mol. The number of rotatable bonds is 4. The van der Waals surface area contributed by atoms with Crippen LogP contribution in [0.15, 0.2) is 47.6 Å². The van der Waals surface area contributed by atoms with Crippen LogP contribution in [0.4, 0.5) is 0 Å². The van der Waals surface area contributed by atoms with Gasteiger partial charge in [-0.25, -0.2) is 13.4 Å². The molecule has 27 heavy (non-hydrogen) atoms. The molecule has 3 aromatic rings. The number of sulfone groups is 1. The molecule has 0 N–H and O–H groups in total. The van der Waals surface area contributed by atoms with E-state index in [0.717, 1.165) is 12.7 Å². The molecule has 0 unspecified atom stereocenters. The molecule has 0 atom stereocenters. The monoisotopic (exact) mass is 386 g/mol. The van der Waals surface area contributed by atoms with Crippen LogP contribution >= 0.6 is 0 Å². The van der Waals surface area contributed by atoms with Crippen LogP contribution in [0.1, 0.15) is 16.8 Å². The van der Waals surface area contributed by atoms with Gasteiger partial charge in [-0.15, -0.1) is 0 Å². The van der Waals surface area contributed by atoms with E-state index in [4.69, 9.17) is 9.47 Å². The lowest BCUT2D eigenvalue weighted by atomic mass is 10.1. The molecule has 0 bridgehead atoms. The number of fused-ring (bicyclic) bond motifs is 2. The highest BCUT2D eigenvalue weighted by molar-refractivity contribution is 7.90. The second-order valence-electron chi connectivity index (χ2n) is 6.38. The lowest BCUT2D eigenvalue weighted by molar-refractivity contribution is 0.0970. The second-order valence-corrected chi connectivity index (χ2v) is 8.29. The van der Waals surface area contributed by atoms with Gasteiger partial charge >= 0.3 is 0 Å². The van der Waals surface area contributed by atoms with E-state index in [2.05, 4.69) is 4.98 Å². The lowest BCUT2D eigenvalue weighted by Crippen LogP contribution is -2.16. The number of benzene rings is 2. The zero-order valence-electron chi connectivity index (χ0n) is 14.7. The molecule has 1 aliphatic rings. The standard InChI is InChI=1S/C19H18N2O5S/c1-27(23,24)19-20-14-5-2-3-6-15(14)21(19)12-16(22)13-7-8-17-18(11-13)26-10-4-9-25-17/h2-3,5-8,11H,4,9-10,12H2,1H3. The molecule has 4 rings (SSSR count). The Morgan fingerprint density at radius 1 is 1.11 bits per heavy atom. The highest BCUT2D eigenvalue weighted by Gasteiger charge is 2.22. The molecule has 0 fully saturated rings. The van der Waals surface area contributed by atoms with Crippen LogP contribution in [0.25, 0.3) is 11.0 Å². The van der Waals surface area contributed by atoms with E-state index in [-0.39, 0.29) is 17.5 Å². The van der Waals surface area contributed by atoms with Gasteiger partial charge in [0.25, 0.3) is 0 Å². The molecular formula is C19H18N2O5S. The van der Waals surface area contributed by atoms with Crippen molar-refractivity contribution in [2.24, 2.45) is 0 Å². The van der Waals surface area contributed by atoms with Gasteiger partial charge in [0, 0.05) is 18.2 Å². The van der Waals surface area contributed by atoms with Gasteiger partial charge in [-0.1, -0.05) is 12.1 Å². The normalized spacial score (nSPS) is 14.1. The Balaban J connectivity index is 1.72. The number of para-hydroxylation sites is 2. The van der Waals surface area contributed by atoms with Gasteiger partial charge in [0.05, 0.1) is 30.8 Å². The molecule has 7 nitrogen and oxygen atoms in total. The third-order valence-electron chi connectivity index (χ3n) is 4.32. The fourth-order valence-corrected chi connectivity index (χ4v) is 3.89. The Morgan fingerprint density at radius 2 is 1.85 bits per heavy atom. The summed E-state index contributed by atoms with van der Waals surface area (Å²) in [5.41, 5.74) is 1.56. The SMILES string of the molecule is CS(=O)(=O)c1nc2ccccc2n1CC(=O)c1ccc2c(c1)OCCCO2. The summed E-state index contributed by atoms with van der Waals surface area (Å²) in [5, 5.41) is -0.119. The smallest absolute Gasteiger partial charge is 0.228 e. The maximum atomic E-state index is 12.9. The van der Waals surface area contributed by atoms with Crippen molar-refractivity contribution in [3.05, 3.63) is 48.0 Å². The number of hydrogen-bond acceptors (Lipinski definition) is 6. The Morgan fingerprint density at radius 3 is 2.63 bits per heavy atom. The molecule has 0 spiro atoms. The van der Waals surface area contributed by atoms with E-state index in [1.165, 1.54) is 4.57 Å². The number of carbonyl (C=O) groups excluding carboxylic acids is 1. The molecule has 1 aliphatic heterocycles. The number of nitrogens with zero attached hydrogens (tertiary/aromatic N) is 2. The first-order valence-corrected chi connectivity index (χ1v) is 10.4. The molecule has 2 heterocycles. The molecule has 0 saturated carbocycles. The minimum absolute atomic E-state index is 0.119. The van der Waals surface area contributed by atoms with E-state index in [9.17, 15) is 13.2 Å². The van der Waals surface area contributed by atoms with Gasteiger partial charge in [0.2, 0.25) is 15.0 Å². The summed E-state index contributed by atoms with van der Waals surface area (Å²) in [4.78, 5) is 17.1. The topological polar surface area (TPSA) is 87.5 Å². The highest BCUT2D eigenvalue weighted by atomic mass is 32.2. The number of aromatic nitrogens is 2. The number of Topliss-reactive ketones (excluding diaryl/α,β-unsaturated/α-hetero) is 1. The number of ether oxygens (including phenoxy) is 2. The van der Waals surface area contributed by atoms with Crippen LogP contribution in [0.2, 0.25) is 0 Å². The van der Waals surface area contributed by atoms with Crippen molar-refractivity contribution < 1.29 is 22.7 Å². The fourth-order valence-electron chi connectivity index (χ4n) is 3.06. The van der Waals surface area contributed by atoms with Crippen molar-refractivity contribution in [2.45, 2.75) is 18.1 Å². The first kappa shape index (κ1) is 17.5. The first-order chi connectivity index (χ1) is 12.9. The third kappa shape index (κ3) is 3.40. The molecule has 8 heteroatoms. The quantitative estimate of drug-likeness (QED) is 0.640. The number of carbonyl (C=O) groups is 1. The van der Waals surface area contributed by atoms with Crippen molar-refractivity contribution in [2.75, 3.05) is 19.5 Å². The molecule has 1 aromatic heterocycles. The second kappa shape index (κ2) is 6.70. The van der Waals surface area contributed by atoms with Gasteiger partial charge in [-0.05, 0) is 30.3 Å². The summed E-state index contributed by atoms with van der Waals surface area (Å²) >= 11 is 0. The predicted molar refractivity (Wildman–Crippen MR) is 99.2 cm³/mol. The van der Waals surface area contributed by atoms with Crippen LogP contribution in [0, 0.1) is 0 Å². The summed E-state index contributed by atoms with van der Waals surface area (Å²) in [6.45, 7) is 0.955. The number of hydrogen-bond donors (Lipinski definition) is 0. The zero-order valence-corrected chi connectivity index (χ0v) is 15.5. The Kier molecular flexibility index (Phi) is 4.35. The largest absolute Gasteiger partial charge is 0.490 e. The molecule has 2 aromatic carbocycles. The van der Waals surface area contributed by atoms with Crippen molar-refractivity contribution in [3.63, 3.8) is 0 Å². The van der Waals surface area contributed by atoms with Crippen LogP contribution in [0.5, 0.6) is 11.5 Å². The molecule has 0 saturated heterocycles. The Hall–Kier alpha value is -2.87. The van der Waals surface area contributed by atoms with Crippen molar-refractivity contribution in [1.29, 1.82) is 0 Å². The van der Waals surface area contributed by atoms with Gasteiger partial charge in [0.15, 0.2) is 17.3 Å². The molecular weight excluding hydrogens is 368 g/mol. The van der Waals surface area contributed by atoms with Gasteiger partial charge in [0.1, 0.15) is 0 Å². The first-order valence-electron chi connectivity index (χ1n) is 8.52. The lowest BCUT2D eigenvalue weighted by Gasteiger charge is -2.10. The van der Waals surface area contributed by atoms with Gasteiger partial charge in [-0.3, -0.25) is 4.79 Å². The van der Waals surface area contributed by atoms with Crippen molar-refractivity contribution in [3.8, 4) is 11.5 Å². The molecule has 0 radical (unpaired) electrons. The van der Waals surface area contributed by atoms with E-state index >= 15 is 0 Å². The Bertz CT molecular complexity index is 1130. The van der Waals surface area contributed by atoms with E-state index in [0.29, 0.717) is 41.3 Å². The zero-order chi connectivity index (χ0) is 19.0. The minimum atomic E-state index is -3.59. The van der Waals surface area contributed by atoms with Crippen molar-refractivity contribution >= 4 is 26.7 Å². The molecule has 140 valence electrons. The fraction of sp³-hybridized carbons (Fsp3) is 0.263. The molecule has 0 amide bonds. The summed E-state index contributed by atoms with van der Waals surface area (Å²) < 4.78 is 36.9. The van der Waals surface area contributed by atoms with Crippen LogP contribution < -0.4 is 9.47 Å². The van der Waals surface area contributed by atoms with Crippen LogP contribution in [-0.4, -0.2) is 43.2 Å². The highest BCUT2D eigenvalue weighted by Crippen LogP contribution is 2.31. The van der Waals surface area contributed by atoms with Gasteiger partial charge < -0.3 is 14.0 Å². The molecule has 0 aliphatic carbocycles. The maximum absolute atomic E-state index is 12.9. The minimum Gasteiger partial charge on any atom is -0.490 e. The summed E-state index contributed by atoms with van der Waals surface area (Å²) in [5.74, 6) is 0.893. The summed E-state index contributed by atoms with van der Waals surface area (Å²) in [7, 11) is -3.59. The summed E-state index contributed by atoms with van der Waals surface area (Å²) in [6, 6.07) is 12.0. The third-order valence-corrected chi connectivity index (χ3v) is 5.30. The van der Waals surface area contributed by atoms with Gasteiger partial charge in [-0.2, -0.15) is 0 Å². The maximum Gasteiger partial charge on any atom is 0.228 e. The average Bonchev–Trinajstić information content (AvgIpc) is 2.85. The van der Waals surface area contributed by atoms with E-state index in [1.807, 2.05) is 0 Å². The van der Waals surface area contributed by atoms with E-state index in [1.54, 1.807) is 42.5 Å². The van der Waals surface area contributed by atoms with Crippen LogP contribution in [0.3, 0.4) is 0 Å². The number of imidazole rings is 1.